The third-order valence-electron chi connectivity index (χ3n) is 2.33. The standard InChI is InChI=1S/C17H18O2/c1-5-7-9-10-11-13-17(15(4)19)16(14(3)18)12-8-6-2/h5-8,12,16-17H,2H2,1,3-4H3/b7-5+,12-8-/t16-,17+/m0/s1. The molecule has 0 unspecified atom stereocenters. The molecule has 0 aromatic carbocycles. The Morgan fingerprint density at radius 3 is 2.32 bits per heavy atom. The molecule has 0 fully saturated rings. The van der Waals surface area contributed by atoms with E-state index in [1.807, 2.05) is 6.92 Å². The van der Waals surface area contributed by atoms with Crippen molar-refractivity contribution < 1.29 is 9.59 Å². The molecule has 0 aliphatic heterocycles. The summed E-state index contributed by atoms with van der Waals surface area (Å²) in [4.78, 5) is 23.2. The van der Waals surface area contributed by atoms with E-state index >= 15 is 0 Å². The molecule has 0 rings (SSSR count). The zero-order chi connectivity index (χ0) is 14.7. The van der Waals surface area contributed by atoms with Crippen LogP contribution in [0.1, 0.15) is 20.8 Å². The van der Waals surface area contributed by atoms with Crippen LogP contribution < -0.4 is 0 Å². The number of ketones is 2. The molecule has 0 N–H and O–H groups in total. The molecule has 0 aromatic rings. The lowest BCUT2D eigenvalue weighted by molar-refractivity contribution is -0.126. The summed E-state index contributed by atoms with van der Waals surface area (Å²) in [6, 6.07) is 0. The first-order valence-electron chi connectivity index (χ1n) is 5.97. The van der Waals surface area contributed by atoms with Crippen LogP contribution in [-0.2, 0) is 9.59 Å². The molecule has 0 amide bonds. The van der Waals surface area contributed by atoms with Crippen LogP contribution in [0.15, 0.2) is 37.0 Å². The highest BCUT2D eigenvalue weighted by Gasteiger charge is 2.25. The van der Waals surface area contributed by atoms with E-state index in [9.17, 15) is 9.59 Å². The Hall–Kier alpha value is -2.32. The molecule has 0 bridgehead atoms. The fraction of sp³-hybridized carbons (Fsp3) is 0.294. The molecule has 2 heteroatoms. The van der Waals surface area contributed by atoms with Gasteiger partial charge in [0.15, 0.2) is 0 Å². The second-order valence-corrected chi connectivity index (χ2v) is 3.88. The maximum absolute atomic E-state index is 11.6. The fourth-order valence-corrected chi connectivity index (χ4v) is 1.40. The first-order chi connectivity index (χ1) is 9.04. The zero-order valence-electron chi connectivity index (χ0n) is 11.6. The molecule has 0 saturated carbocycles. The highest BCUT2D eigenvalue weighted by atomic mass is 16.1. The van der Waals surface area contributed by atoms with Gasteiger partial charge in [0.25, 0.3) is 0 Å². The quantitative estimate of drug-likeness (QED) is 0.558. The van der Waals surface area contributed by atoms with Crippen molar-refractivity contribution in [1.82, 2.24) is 0 Å². The van der Waals surface area contributed by atoms with Crippen molar-refractivity contribution >= 4 is 11.6 Å². The predicted molar refractivity (Wildman–Crippen MR) is 78.0 cm³/mol. The van der Waals surface area contributed by atoms with Gasteiger partial charge in [-0.3, -0.25) is 9.59 Å². The van der Waals surface area contributed by atoms with E-state index in [0.717, 1.165) is 0 Å². The normalized spacial score (nSPS) is 13.0. The number of carbonyl (C=O) groups excluding carboxylic acids is 2. The van der Waals surface area contributed by atoms with E-state index in [0.29, 0.717) is 0 Å². The minimum atomic E-state index is -0.659. The molecule has 0 aliphatic rings. The van der Waals surface area contributed by atoms with Gasteiger partial charge in [-0.1, -0.05) is 42.7 Å². The third-order valence-corrected chi connectivity index (χ3v) is 2.33. The summed E-state index contributed by atoms with van der Waals surface area (Å²) in [6.07, 6.45) is 8.32. The molecule has 19 heavy (non-hydrogen) atoms. The van der Waals surface area contributed by atoms with Crippen LogP contribution in [0.4, 0.5) is 0 Å². The van der Waals surface area contributed by atoms with Gasteiger partial charge in [0, 0.05) is 0 Å². The van der Waals surface area contributed by atoms with Gasteiger partial charge in [-0.2, -0.15) is 0 Å². The van der Waals surface area contributed by atoms with Gasteiger partial charge >= 0.3 is 0 Å². The van der Waals surface area contributed by atoms with Gasteiger partial charge < -0.3 is 0 Å². The minimum Gasteiger partial charge on any atom is -0.299 e. The molecule has 0 aromatic heterocycles. The van der Waals surface area contributed by atoms with Crippen LogP contribution in [0, 0.1) is 35.5 Å². The summed E-state index contributed by atoms with van der Waals surface area (Å²) in [5.41, 5.74) is 0. The summed E-state index contributed by atoms with van der Waals surface area (Å²) in [7, 11) is 0. The van der Waals surface area contributed by atoms with Crippen LogP contribution in [0.3, 0.4) is 0 Å². The van der Waals surface area contributed by atoms with Crippen LogP contribution in [-0.4, -0.2) is 11.6 Å². The molecule has 0 radical (unpaired) electrons. The summed E-state index contributed by atoms with van der Waals surface area (Å²) in [6.45, 7) is 8.27. The molecular formula is C17H18O2. The first kappa shape index (κ1) is 16.7. The SMILES string of the molecule is C=C/C=C\[C@@H](C(C)=O)[C@H](C#CC#C/C=C/C)C(C)=O. The van der Waals surface area contributed by atoms with E-state index in [-0.39, 0.29) is 11.6 Å². The predicted octanol–water partition coefficient (Wildman–Crippen LogP) is 2.72. The Kier molecular flexibility index (Phi) is 8.50. The number of rotatable bonds is 5. The second kappa shape index (κ2) is 9.68. The lowest BCUT2D eigenvalue weighted by Crippen LogP contribution is -2.24. The van der Waals surface area contributed by atoms with Gasteiger partial charge in [0.2, 0.25) is 0 Å². The lowest BCUT2D eigenvalue weighted by Gasteiger charge is -2.13. The minimum absolute atomic E-state index is 0.103. The lowest BCUT2D eigenvalue weighted by atomic mass is 9.86. The van der Waals surface area contributed by atoms with E-state index in [2.05, 4.69) is 30.3 Å². The van der Waals surface area contributed by atoms with Crippen molar-refractivity contribution in [2.75, 3.05) is 0 Å². The van der Waals surface area contributed by atoms with Crippen molar-refractivity contribution in [2.24, 2.45) is 11.8 Å². The maximum Gasteiger partial charge on any atom is 0.145 e. The van der Waals surface area contributed by atoms with Gasteiger partial charge in [0.05, 0.1) is 11.8 Å². The van der Waals surface area contributed by atoms with Crippen LogP contribution in [0.2, 0.25) is 0 Å². The topological polar surface area (TPSA) is 34.1 Å². The first-order valence-corrected chi connectivity index (χ1v) is 5.97. The Morgan fingerprint density at radius 2 is 1.84 bits per heavy atom. The zero-order valence-corrected chi connectivity index (χ0v) is 11.6. The number of carbonyl (C=O) groups is 2. The van der Waals surface area contributed by atoms with Gasteiger partial charge in [-0.25, -0.2) is 0 Å². The van der Waals surface area contributed by atoms with Crippen LogP contribution >= 0.6 is 0 Å². The number of hydrogen-bond donors (Lipinski definition) is 0. The molecule has 2 nitrogen and oxygen atoms in total. The largest absolute Gasteiger partial charge is 0.299 e. The summed E-state index contributed by atoms with van der Waals surface area (Å²) in [5, 5.41) is 0. The van der Waals surface area contributed by atoms with Gasteiger partial charge in [-0.05, 0) is 38.7 Å². The Bertz CT molecular complexity index is 513. The van der Waals surface area contributed by atoms with Crippen molar-refractivity contribution in [3.05, 3.63) is 37.0 Å². The van der Waals surface area contributed by atoms with E-state index in [1.165, 1.54) is 13.8 Å². The average Bonchev–Trinajstić information content (AvgIpc) is 2.35. The molecule has 98 valence electrons. The summed E-state index contributed by atoms with van der Waals surface area (Å²) < 4.78 is 0. The highest BCUT2D eigenvalue weighted by Crippen LogP contribution is 2.16. The maximum atomic E-state index is 11.6. The van der Waals surface area contributed by atoms with Crippen molar-refractivity contribution in [1.29, 1.82) is 0 Å². The number of hydrogen-bond acceptors (Lipinski definition) is 2. The molecular weight excluding hydrogens is 236 g/mol. The van der Waals surface area contributed by atoms with E-state index < -0.39 is 11.8 Å². The monoisotopic (exact) mass is 254 g/mol. The van der Waals surface area contributed by atoms with Crippen molar-refractivity contribution in [2.45, 2.75) is 20.8 Å². The molecule has 0 heterocycles. The summed E-state index contributed by atoms with van der Waals surface area (Å²) >= 11 is 0. The summed E-state index contributed by atoms with van der Waals surface area (Å²) in [5.74, 6) is 9.24. The van der Waals surface area contributed by atoms with Crippen molar-refractivity contribution in [3.8, 4) is 23.7 Å². The molecule has 2 atom stereocenters. The van der Waals surface area contributed by atoms with Crippen LogP contribution in [0.25, 0.3) is 0 Å². The Morgan fingerprint density at radius 1 is 1.16 bits per heavy atom. The molecule has 0 saturated heterocycles. The average molecular weight is 254 g/mol. The smallest absolute Gasteiger partial charge is 0.145 e. The second-order valence-electron chi connectivity index (χ2n) is 3.88. The molecule has 0 spiro atoms. The van der Waals surface area contributed by atoms with Crippen LogP contribution in [0.5, 0.6) is 0 Å². The van der Waals surface area contributed by atoms with E-state index in [4.69, 9.17) is 0 Å². The highest BCUT2D eigenvalue weighted by molar-refractivity contribution is 5.90. The fourth-order valence-electron chi connectivity index (χ4n) is 1.40. The third kappa shape index (κ3) is 6.86. The number of allylic oxidation sites excluding steroid dienone is 5. The van der Waals surface area contributed by atoms with Gasteiger partial charge in [0.1, 0.15) is 11.6 Å². The Balaban J connectivity index is 5.23. The van der Waals surface area contributed by atoms with Gasteiger partial charge in [-0.15, -0.1) is 0 Å². The number of Topliss-reactive ketones (excluding diaryl/α,β-unsaturated/α-hetero) is 2. The Labute approximate surface area is 115 Å². The molecule has 0 aliphatic carbocycles. The van der Waals surface area contributed by atoms with Crippen molar-refractivity contribution in [3.63, 3.8) is 0 Å². The van der Waals surface area contributed by atoms with E-state index in [1.54, 1.807) is 30.4 Å².